The molecule has 0 saturated carbocycles. The fourth-order valence-electron chi connectivity index (χ4n) is 2.66. The van der Waals surface area contributed by atoms with Crippen molar-refractivity contribution in [2.24, 2.45) is 7.05 Å². The number of hydrogen-bond donors (Lipinski definition) is 1. The second-order valence-corrected chi connectivity index (χ2v) is 6.31. The monoisotopic (exact) mass is 317 g/mol. The van der Waals surface area contributed by atoms with Gasteiger partial charge in [0.15, 0.2) is 0 Å². The first-order valence-corrected chi connectivity index (χ1v) is 8.27. The zero-order chi connectivity index (χ0) is 15.5. The molecule has 1 heterocycles. The number of benzene rings is 1. The fraction of sp³-hybridized carbons (Fsp3) is 0.375. The number of carbonyl (C=O) groups excluding carboxylic acids is 1. The molecular formula is C16H19N3O2S. The minimum Gasteiger partial charge on any atom is -0.497 e. The Morgan fingerprint density at radius 3 is 2.86 bits per heavy atom. The van der Waals surface area contributed by atoms with Gasteiger partial charge in [0.2, 0.25) is 5.91 Å². The molecule has 2 aromatic rings. The quantitative estimate of drug-likeness (QED) is 0.861. The summed E-state index contributed by atoms with van der Waals surface area (Å²) in [5, 5.41) is 7.46. The van der Waals surface area contributed by atoms with Gasteiger partial charge in [-0.05, 0) is 43.5 Å². The normalized spacial score (nSPS) is 13.0. The predicted molar refractivity (Wildman–Crippen MR) is 87.6 cm³/mol. The van der Waals surface area contributed by atoms with Gasteiger partial charge in [0.25, 0.3) is 0 Å². The van der Waals surface area contributed by atoms with E-state index in [1.165, 1.54) is 17.3 Å². The largest absolute Gasteiger partial charge is 0.497 e. The maximum Gasteiger partial charge on any atom is 0.235 e. The molecule has 0 fully saturated rings. The van der Waals surface area contributed by atoms with Crippen LogP contribution >= 0.6 is 11.8 Å². The Labute approximate surface area is 134 Å². The van der Waals surface area contributed by atoms with Crippen molar-refractivity contribution in [3.05, 3.63) is 35.5 Å². The van der Waals surface area contributed by atoms with Crippen molar-refractivity contribution in [1.29, 1.82) is 0 Å². The first kappa shape index (κ1) is 15.0. The fourth-order valence-corrected chi connectivity index (χ4v) is 3.36. The van der Waals surface area contributed by atoms with Crippen LogP contribution in [0.25, 0.3) is 0 Å². The van der Waals surface area contributed by atoms with Crippen molar-refractivity contribution in [2.75, 3.05) is 18.2 Å². The number of rotatable bonds is 5. The summed E-state index contributed by atoms with van der Waals surface area (Å²) in [6.45, 7) is 0. The maximum atomic E-state index is 12.2. The van der Waals surface area contributed by atoms with E-state index in [1.807, 2.05) is 31.3 Å². The number of ether oxygens (including phenoxy) is 1. The molecule has 0 radical (unpaired) electrons. The minimum atomic E-state index is -0.00137. The lowest BCUT2D eigenvalue weighted by Gasteiger charge is -2.08. The van der Waals surface area contributed by atoms with Crippen LogP contribution in [0.15, 0.2) is 29.2 Å². The average Bonchev–Trinajstić information content (AvgIpc) is 3.09. The van der Waals surface area contributed by atoms with Crippen LogP contribution in [-0.4, -0.2) is 28.6 Å². The Kier molecular flexibility index (Phi) is 4.38. The van der Waals surface area contributed by atoms with E-state index in [-0.39, 0.29) is 5.91 Å². The molecule has 1 aromatic heterocycles. The highest BCUT2D eigenvalue weighted by Gasteiger charge is 2.21. The zero-order valence-corrected chi connectivity index (χ0v) is 13.6. The van der Waals surface area contributed by atoms with E-state index in [0.717, 1.165) is 41.4 Å². The molecule has 0 saturated heterocycles. The Morgan fingerprint density at radius 1 is 1.36 bits per heavy atom. The number of nitrogens with one attached hydrogen (secondary N) is 1. The second kappa shape index (κ2) is 6.44. The molecule has 3 rings (SSSR count). The summed E-state index contributed by atoms with van der Waals surface area (Å²) in [6, 6.07) is 7.71. The van der Waals surface area contributed by atoms with Crippen LogP contribution in [0.2, 0.25) is 0 Å². The molecule has 0 aliphatic heterocycles. The highest BCUT2D eigenvalue weighted by Crippen LogP contribution is 2.28. The van der Waals surface area contributed by atoms with Crippen LogP contribution in [0, 0.1) is 0 Å². The summed E-state index contributed by atoms with van der Waals surface area (Å²) >= 11 is 1.51. The number of carbonyl (C=O) groups is 1. The van der Waals surface area contributed by atoms with Gasteiger partial charge in [-0.1, -0.05) is 0 Å². The van der Waals surface area contributed by atoms with Gasteiger partial charge in [-0.3, -0.25) is 9.48 Å². The maximum absolute atomic E-state index is 12.2. The van der Waals surface area contributed by atoms with Crippen molar-refractivity contribution in [3.63, 3.8) is 0 Å². The van der Waals surface area contributed by atoms with Crippen molar-refractivity contribution in [1.82, 2.24) is 9.78 Å². The molecule has 1 aromatic carbocycles. The third kappa shape index (κ3) is 3.11. The number of nitrogens with zero attached hydrogens (tertiary/aromatic N) is 2. The van der Waals surface area contributed by atoms with E-state index in [4.69, 9.17) is 4.74 Å². The first-order chi connectivity index (χ1) is 10.7. The molecule has 0 bridgehead atoms. The highest BCUT2D eigenvalue weighted by atomic mass is 32.2. The third-order valence-electron chi connectivity index (χ3n) is 3.76. The lowest BCUT2D eigenvalue weighted by molar-refractivity contribution is -0.113. The molecule has 0 atom stereocenters. The van der Waals surface area contributed by atoms with Crippen LogP contribution in [0.1, 0.15) is 17.7 Å². The van der Waals surface area contributed by atoms with E-state index in [0.29, 0.717) is 5.75 Å². The number of amides is 1. The minimum absolute atomic E-state index is 0.00137. The van der Waals surface area contributed by atoms with E-state index in [2.05, 4.69) is 10.4 Å². The van der Waals surface area contributed by atoms with Crippen LogP contribution in [0.3, 0.4) is 0 Å². The van der Waals surface area contributed by atoms with Gasteiger partial charge in [0.1, 0.15) is 11.6 Å². The summed E-state index contributed by atoms with van der Waals surface area (Å²) < 4.78 is 6.90. The number of fused-ring (bicyclic) bond motifs is 1. The number of aryl methyl sites for hydroxylation is 2. The number of aromatic nitrogens is 2. The zero-order valence-electron chi connectivity index (χ0n) is 12.8. The van der Waals surface area contributed by atoms with Crippen LogP contribution < -0.4 is 10.1 Å². The summed E-state index contributed by atoms with van der Waals surface area (Å²) in [5.41, 5.74) is 2.32. The molecule has 116 valence electrons. The summed E-state index contributed by atoms with van der Waals surface area (Å²) in [4.78, 5) is 13.2. The topological polar surface area (TPSA) is 56.1 Å². The average molecular weight is 317 g/mol. The SMILES string of the molecule is COc1ccc(SCC(=O)Nc2c3c(nn2C)CCC3)cc1. The highest BCUT2D eigenvalue weighted by molar-refractivity contribution is 8.00. The van der Waals surface area contributed by atoms with Crippen molar-refractivity contribution >= 4 is 23.5 Å². The van der Waals surface area contributed by atoms with Crippen LogP contribution in [-0.2, 0) is 24.7 Å². The van der Waals surface area contributed by atoms with Crippen molar-refractivity contribution in [3.8, 4) is 5.75 Å². The Hall–Kier alpha value is -1.95. The lowest BCUT2D eigenvalue weighted by Crippen LogP contribution is -2.17. The van der Waals surface area contributed by atoms with E-state index in [9.17, 15) is 4.79 Å². The van der Waals surface area contributed by atoms with Gasteiger partial charge < -0.3 is 10.1 Å². The molecule has 0 spiro atoms. The first-order valence-electron chi connectivity index (χ1n) is 7.29. The number of anilines is 1. The Morgan fingerprint density at radius 2 is 2.14 bits per heavy atom. The van der Waals surface area contributed by atoms with E-state index >= 15 is 0 Å². The summed E-state index contributed by atoms with van der Waals surface area (Å²) in [7, 11) is 3.52. The van der Waals surface area contributed by atoms with Crippen molar-refractivity contribution in [2.45, 2.75) is 24.2 Å². The molecule has 1 amide bonds. The van der Waals surface area contributed by atoms with Gasteiger partial charge in [0.05, 0.1) is 18.6 Å². The van der Waals surface area contributed by atoms with Crippen LogP contribution in [0.5, 0.6) is 5.75 Å². The molecule has 1 aliphatic rings. The molecule has 0 unspecified atom stereocenters. The van der Waals surface area contributed by atoms with Crippen LogP contribution in [0.4, 0.5) is 5.82 Å². The number of thioether (sulfide) groups is 1. The molecular weight excluding hydrogens is 298 g/mol. The van der Waals surface area contributed by atoms with E-state index in [1.54, 1.807) is 11.8 Å². The second-order valence-electron chi connectivity index (χ2n) is 5.26. The van der Waals surface area contributed by atoms with E-state index < -0.39 is 0 Å². The summed E-state index contributed by atoms with van der Waals surface area (Å²) in [6.07, 6.45) is 3.14. The predicted octanol–water partition coefficient (Wildman–Crippen LogP) is 2.65. The third-order valence-corrected chi connectivity index (χ3v) is 4.77. The van der Waals surface area contributed by atoms with Gasteiger partial charge in [-0.15, -0.1) is 11.8 Å². The van der Waals surface area contributed by atoms with Gasteiger partial charge in [-0.25, -0.2) is 0 Å². The molecule has 22 heavy (non-hydrogen) atoms. The van der Waals surface area contributed by atoms with Gasteiger partial charge >= 0.3 is 0 Å². The summed E-state index contributed by atoms with van der Waals surface area (Å²) in [5.74, 6) is 2.05. The van der Waals surface area contributed by atoms with Crippen molar-refractivity contribution < 1.29 is 9.53 Å². The van der Waals surface area contributed by atoms with Gasteiger partial charge in [0, 0.05) is 17.5 Å². The standard InChI is InChI=1S/C16H19N3O2S/c1-19-16(13-4-3-5-14(13)18-19)17-15(20)10-22-12-8-6-11(21-2)7-9-12/h6-9H,3-5,10H2,1-2H3,(H,17,20). The number of methoxy groups -OCH3 is 1. The molecule has 1 aliphatic carbocycles. The lowest BCUT2D eigenvalue weighted by atomic mass is 10.2. The Balaban J connectivity index is 1.58. The molecule has 5 nitrogen and oxygen atoms in total. The molecule has 1 N–H and O–H groups in total. The number of hydrogen-bond acceptors (Lipinski definition) is 4. The molecule has 6 heteroatoms. The van der Waals surface area contributed by atoms with Gasteiger partial charge in [-0.2, -0.15) is 5.10 Å². The smallest absolute Gasteiger partial charge is 0.235 e. The Bertz CT molecular complexity index is 679.